The number of methoxy groups -OCH3 is 2. The van der Waals surface area contributed by atoms with Crippen molar-refractivity contribution in [3.63, 3.8) is 0 Å². The first-order valence-electron chi connectivity index (χ1n) is 8.14. The number of carbonyl (C=O) groups is 1. The van der Waals surface area contributed by atoms with Crippen molar-refractivity contribution in [3.05, 3.63) is 66.2 Å². The van der Waals surface area contributed by atoms with E-state index >= 15 is 0 Å². The molecule has 2 rings (SSSR count). The third-order valence-corrected chi connectivity index (χ3v) is 3.80. The molecule has 27 heavy (non-hydrogen) atoms. The predicted molar refractivity (Wildman–Crippen MR) is 97.6 cm³/mol. The van der Waals surface area contributed by atoms with E-state index in [1.807, 2.05) is 12.1 Å². The van der Waals surface area contributed by atoms with Crippen LogP contribution in [0, 0.1) is 0 Å². The van der Waals surface area contributed by atoms with Crippen LogP contribution in [0.1, 0.15) is 15.9 Å². The van der Waals surface area contributed by atoms with Gasteiger partial charge in [-0.15, -0.1) is 6.58 Å². The van der Waals surface area contributed by atoms with Gasteiger partial charge in [0.05, 0.1) is 14.2 Å². The van der Waals surface area contributed by atoms with Crippen LogP contribution in [0.15, 0.2) is 55.1 Å². The fourth-order valence-corrected chi connectivity index (χ4v) is 2.51. The molecule has 0 aliphatic rings. The molecule has 0 aliphatic carbocycles. The first kappa shape index (κ1) is 20.2. The van der Waals surface area contributed by atoms with Crippen LogP contribution in [-0.4, -0.2) is 38.2 Å². The number of hydrogen-bond acceptors (Lipinski definition) is 4. The molecule has 0 unspecified atom stereocenters. The topological polar surface area (TPSA) is 48.0 Å². The molecule has 0 aromatic heterocycles. The summed E-state index contributed by atoms with van der Waals surface area (Å²) in [5.74, 6) is 0.301. The zero-order valence-electron chi connectivity index (χ0n) is 15.2. The first-order chi connectivity index (χ1) is 13.0. The summed E-state index contributed by atoms with van der Waals surface area (Å²) < 4.78 is 39.8. The Hall–Kier alpha value is -3.09. The number of halogens is 2. The predicted octanol–water partition coefficient (Wildman–Crippen LogP) is 4.13. The van der Waals surface area contributed by atoms with Gasteiger partial charge in [0.2, 0.25) is 0 Å². The van der Waals surface area contributed by atoms with E-state index in [1.54, 1.807) is 30.2 Å². The third-order valence-electron chi connectivity index (χ3n) is 3.80. The fraction of sp³-hybridized carbons (Fsp3) is 0.250. The van der Waals surface area contributed by atoms with Crippen molar-refractivity contribution in [2.24, 2.45) is 0 Å². The highest BCUT2D eigenvalue weighted by molar-refractivity contribution is 5.95. The molecular formula is C20H21F2NO4. The molecule has 0 saturated heterocycles. The van der Waals surface area contributed by atoms with Crippen LogP contribution >= 0.6 is 0 Å². The van der Waals surface area contributed by atoms with Crippen LogP contribution in [0.3, 0.4) is 0 Å². The SMILES string of the molecule is C=CCN(Cc1ccc(OC)cc1)C(=O)c1ccc(OC)c(OC(F)F)c1. The lowest BCUT2D eigenvalue weighted by molar-refractivity contribution is -0.0512. The normalized spacial score (nSPS) is 10.4. The van der Waals surface area contributed by atoms with Crippen LogP contribution in [0.4, 0.5) is 8.78 Å². The Morgan fingerprint density at radius 3 is 2.37 bits per heavy atom. The molecule has 5 nitrogen and oxygen atoms in total. The van der Waals surface area contributed by atoms with Crippen LogP contribution in [-0.2, 0) is 6.54 Å². The van der Waals surface area contributed by atoms with E-state index in [-0.39, 0.29) is 23.0 Å². The Morgan fingerprint density at radius 1 is 1.11 bits per heavy atom. The molecule has 0 atom stereocenters. The Labute approximate surface area is 156 Å². The molecule has 0 aliphatic heterocycles. The van der Waals surface area contributed by atoms with E-state index in [0.717, 1.165) is 5.56 Å². The highest BCUT2D eigenvalue weighted by Crippen LogP contribution is 2.30. The largest absolute Gasteiger partial charge is 0.497 e. The molecular weight excluding hydrogens is 356 g/mol. The van der Waals surface area contributed by atoms with Gasteiger partial charge in [0.1, 0.15) is 5.75 Å². The molecule has 1 amide bonds. The molecule has 144 valence electrons. The molecule has 0 fully saturated rings. The van der Waals surface area contributed by atoms with Gasteiger partial charge in [-0.3, -0.25) is 4.79 Å². The Bertz CT molecular complexity index is 778. The summed E-state index contributed by atoms with van der Waals surface area (Å²) in [6.07, 6.45) is 1.60. The van der Waals surface area contributed by atoms with E-state index < -0.39 is 6.61 Å². The molecule has 0 saturated carbocycles. The third kappa shape index (κ3) is 5.44. The second kappa shape index (κ2) is 9.56. The molecule has 0 spiro atoms. The summed E-state index contributed by atoms with van der Waals surface area (Å²) in [5, 5.41) is 0. The molecule has 2 aromatic carbocycles. The van der Waals surface area contributed by atoms with Crippen molar-refractivity contribution in [1.82, 2.24) is 4.90 Å². The van der Waals surface area contributed by atoms with Gasteiger partial charge in [-0.1, -0.05) is 18.2 Å². The average Bonchev–Trinajstić information content (AvgIpc) is 2.67. The molecule has 2 aromatic rings. The van der Waals surface area contributed by atoms with Crippen molar-refractivity contribution in [2.45, 2.75) is 13.2 Å². The summed E-state index contributed by atoms with van der Waals surface area (Å²) in [6, 6.07) is 11.5. The maximum Gasteiger partial charge on any atom is 0.387 e. The number of carbonyl (C=O) groups excluding carboxylic acids is 1. The Morgan fingerprint density at radius 2 is 1.81 bits per heavy atom. The molecule has 0 bridgehead atoms. The number of benzene rings is 2. The molecule has 0 radical (unpaired) electrons. The summed E-state index contributed by atoms with van der Waals surface area (Å²) in [7, 11) is 2.91. The van der Waals surface area contributed by atoms with Crippen molar-refractivity contribution in [2.75, 3.05) is 20.8 Å². The first-order valence-corrected chi connectivity index (χ1v) is 8.14. The second-order valence-electron chi connectivity index (χ2n) is 5.57. The van der Waals surface area contributed by atoms with Crippen LogP contribution < -0.4 is 14.2 Å². The maximum atomic E-state index is 12.9. The Balaban J connectivity index is 2.25. The number of amides is 1. The lowest BCUT2D eigenvalue weighted by atomic mass is 10.1. The van der Waals surface area contributed by atoms with Crippen molar-refractivity contribution < 1.29 is 27.8 Å². The van der Waals surface area contributed by atoms with Crippen molar-refractivity contribution in [3.8, 4) is 17.2 Å². The number of hydrogen-bond donors (Lipinski definition) is 0. The summed E-state index contributed by atoms with van der Waals surface area (Å²) in [5.41, 5.74) is 1.10. The highest BCUT2D eigenvalue weighted by atomic mass is 19.3. The average molecular weight is 377 g/mol. The van der Waals surface area contributed by atoms with Gasteiger partial charge in [0.25, 0.3) is 5.91 Å². The number of alkyl halides is 2. The van der Waals surface area contributed by atoms with Gasteiger partial charge in [0.15, 0.2) is 11.5 Å². The van der Waals surface area contributed by atoms with E-state index in [1.165, 1.54) is 25.3 Å². The van der Waals surface area contributed by atoms with Crippen LogP contribution in [0.2, 0.25) is 0 Å². The molecule has 0 N–H and O–H groups in total. The van der Waals surface area contributed by atoms with Gasteiger partial charge in [-0.2, -0.15) is 8.78 Å². The smallest absolute Gasteiger partial charge is 0.387 e. The fourth-order valence-electron chi connectivity index (χ4n) is 2.51. The zero-order valence-corrected chi connectivity index (χ0v) is 15.2. The maximum absolute atomic E-state index is 12.9. The lowest BCUT2D eigenvalue weighted by Crippen LogP contribution is -2.30. The van der Waals surface area contributed by atoms with Gasteiger partial charge in [0, 0.05) is 18.7 Å². The highest BCUT2D eigenvalue weighted by Gasteiger charge is 2.19. The minimum absolute atomic E-state index is 0.122. The standard InChI is InChI=1S/C20H21F2NO4/c1-4-11-23(13-14-5-8-16(25-2)9-6-14)19(24)15-7-10-17(26-3)18(12-15)27-20(21)22/h4-10,12,20H,1,11,13H2,2-3H3. The van der Waals surface area contributed by atoms with Crippen LogP contribution in [0.25, 0.3) is 0 Å². The monoisotopic (exact) mass is 377 g/mol. The molecule has 7 heteroatoms. The van der Waals surface area contributed by atoms with Gasteiger partial charge in [-0.25, -0.2) is 0 Å². The summed E-state index contributed by atoms with van der Waals surface area (Å²) >= 11 is 0. The van der Waals surface area contributed by atoms with Gasteiger partial charge >= 0.3 is 6.61 Å². The minimum atomic E-state index is -3.02. The zero-order chi connectivity index (χ0) is 19.8. The molecule has 0 heterocycles. The van der Waals surface area contributed by atoms with Crippen molar-refractivity contribution >= 4 is 5.91 Å². The van der Waals surface area contributed by atoms with E-state index in [4.69, 9.17) is 9.47 Å². The summed E-state index contributed by atoms with van der Waals surface area (Å²) in [4.78, 5) is 14.4. The number of rotatable bonds is 9. The Kier molecular flexibility index (Phi) is 7.16. The van der Waals surface area contributed by atoms with E-state index in [2.05, 4.69) is 11.3 Å². The van der Waals surface area contributed by atoms with Crippen molar-refractivity contribution in [1.29, 1.82) is 0 Å². The minimum Gasteiger partial charge on any atom is -0.497 e. The van der Waals surface area contributed by atoms with E-state index in [9.17, 15) is 13.6 Å². The number of ether oxygens (including phenoxy) is 3. The second-order valence-corrected chi connectivity index (χ2v) is 5.57. The number of nitrogens with zero attached hydrogens (tertiary/aromatic N) is 1. The van der Waals surface area contributed by atoms with Gasteiger partial charge < -0.3 is 19.1 Å². The quantitative estimate of drug-likeness (QED) is 0.617. The lowest BCUT2D eigenvalue weighted by Gasteiger charge is -2.22. The van der Waals surface area contributed by atoms with Gasteiger partial charge in [-0.05, 0) is 35.9 Å². The summed E-state index contributed by atoms with van der Waals surface area (Å²) in [6.45, 7) is 1.27. The van der Waals surface area contributed by atoms with Crippen LogP contribution in [0.5, 0.6) is 17.2 Å². The van der Waals surface area contributed by atoms with E-state index in [0.29, 0.717) is 18.8 Å².